The van der Waals surface area contributed by atoms with Crippen LogP contribution in [0, 0.1) is 6.92 Å². The van der Waals surface area contributed by atoms with Gasteiger partial charge in [0.1, 0.15) is 5.52 Å². The number of anilines is 8. The number of rotatable bonds is 16. The summed E-state index contributed by atoms with van der Waals surface area (Å²) in [6, 6.07) is 63.0. The zero-order valence-electron chi connectivity index (χ0n) is 68.2. The number of halogens is 1. The Kier molecular flexibility index (Phi) is 26.8. The molecule has 652 valence electrons. The van der Waals surface area contributed by atoms with Gasteiger partial charge < -0.3 is 19.6 Å². The number of oxazole rings is 1. The van der Waals surface area contributed by atoms with E-state index < -0.39 is 60.1 Å². The number of benzene rings is 9. The van der Waals surface area contributed by atoms with Gasteiger partial charge in [0.2, 0.25) is 40.1 Å². The first-order valence-corrected chi connectivity index (χ1v) is 50.6. The second-order valence-corrected chi connectivity index (χ2v) is 42.3. The third-order valence-electron chi connectivity index (χ3n) is 21.7. The van der Waals surface area contributed by atoms with E-state index in [2.05, 4.69) is 45.2 Å². The highest BCUT2D eigenvalue weighted by atomic mass is 35.5. The average molecular weight is 1840 g/mol. The highest BCUT2D eigenvalue weighted by Crippen LogP contribution is 2.37. The number of carbonyl (C=O) groups is 2. The summed E-state index contributed by atoms with van der Waals surface area (Å²) in [4.78, 5) is 42.5. The van der Waals surface area contributed by atoms with Gasteiger partial charge in [0.15, 0.2) is 17.6 Å². The molecule has 4 aliphatic heterocycles. The molecule has 29 nitrogen and oxygen atoms in total. The zero-order chi connectivity index (χ0) is 88.4. The molecule has 9 aromatic carbocycles. The predicted molar refractivity (Wildman–Crippen MR) is 493 cm³/mol. The van der Waals surface area contributed by atoms with Gasteiger partial charge in [-0.1, -0.05) is 72.8 Å². The number of carbonyl (C=O) groups excluding carboxylic acids is 2. The molecule has 4 aliphatic rings. The van der Waals surface area contributed by atoms with Crippen LogP contribution in [-0.4, -0.2) is 137 Å². The lowest BCUT2D eigenvalue weighted by Crippen LogP contribution is -2.32. The smallest absolute Gasteiger partial charge is 0.261 e. The van der Waals surface area contributed by atoms with E-state index in [1.807, 2.05) is 61.5 Å². The van der Waals surface area contributed by atoms with E-state index in [0.29, 0.717) is 147 Å². The van der Waals surface area contributed by atoms with Crippen molar-refractivity contribution >= 4 is 173 Å². The quantitative estimate of drug-likeness (QED) is 0.0698. The van der Waals surface area contributed by atoms with Gasteiger partial charge in [-0.15, -0.1) is 0 Å². The van der Waals surface area contributed by atoms with Crippen molar-refractivity contribution in [3.63, 3.8) is 0 Å². The third kappa shape index (κ3) is 21.1. The van der Waals surface area contributed by atoms with Gasteiger partial charge in [-0.25, -0.2) is 60.5 Å². The van der Waals surface area contributed by atoms with Crippen LogP contribution in [0.3, 0.4) is 0 Å². The Bertz CT molecular complexity index is 6920. The molecule has 36 heteroatoms. The van der Waals surface area contributed by atoms with E-state index >= 15 is 0 Å². The van der Waals surface area contributed by atoms with Gasteiger partial charge >= 0.3 is 0 Å². The Hall–Kier alpha value is -12.4. The maximum absolute atomic E-state index is 13.2. The molecule has 0 radical (unpaired) electrons. The first-order valence-electron chi connectivity index (χ1n) is 40.8. The first-order chi connectivity index (χ1) is 60.5. The standard InChI is InChI=1S/C27H27N3O4S2.C25H23ClN4O4S2.2C19H19N3O4S/c1-20-9-10-22(19-26(20)27-25-8-4-3-7-21(25)15-16-28-27)29-36(33,34)24-13-11-23(12-14-24)30-17-5-2-6-18-35(30,31)32;26-22-11-6-18(17-21(22)23-12-13-24-25(28-23)5-4-14-27-24)29-36(33,34)20-9-7-19(8-10-20)30-15-2-1-3-16-35(30,31)32;23-19(21-16-7-4-15-13-20-26-18(15)12-16)14-5-8-17(9-6-14)22-10-2-1-3-11-27(22,24)25;23-19(21-15-6-9-18-17(12-15)20-13-26-18)14-4-7-16(8-5-14)22-10-2-1-3-11-27(22,24)25/h3-4,7-16,19,29H,2,5-6,17-18H2,1H3;4-14,17,29H,1-3,15-16H2;2*4-9,12-13H,1-3,10-11H2,(H,21,23). The normalized spacial score (nSPS) is 16.3. The molecule has 18 rings (SSSR count). The summed E-state index contributed by atoms with van der Waals surface area (Å²) in [7, 11) is -21.2. The van der Waals surface area contributed by atoms with Crippen molar-refractivity contribution in [2.75, 3.05) is 86.5 Å². The van der Waals surface area contributed by atoms with Crippen molar-refractivity contribution < 1.29 is 69.0 Å². The minimum absolute atomic E-state index is 0.0184. The van der Waals surface area contributed by atoms with E-state index in [9.17, 15) is 60.1 Å². The van der Waals surface area contributed by atoms with Crippen LogP contribution in [0.2, 0.25) is 5.02 Å². The molecule has 0 saturated carbocycles. The lowest BCUT2D eigenvalue weighted by atomic mass is 10.00. The van der Waals surface area contributed by atoms with E-state index in [-0.39, 0.29) is 44.6 Å². The summed E-state index contributed by atoms with van der Waals surface area (Å²) in [6.07, 6.45) is 15.8. The second kappa shape index (κ2) is 38.2. The van der Waals surface area contributed by atoms with Crippen LogP contribution in [0.25, 0.3) is 66.4 Å². The van der Waals surface area contributed by atoms with Gasteiger partial charge in [0.25, 0.3) is 31.9 Å². The van der Waals surface area contributed by atoms with Crippen LogP contribution in [-0.2, 0) is 60.1 Å². The summed E-state index contributed by atoms with van der Waals surface area (Å²) >= 11 is 6.41. The number of fused-ring (bicyclic) bond motifs is 4. The van der Waals surface area contributed by atoms with Crippen molar-refractivity contribution in [3.05, 3.63) is 271 Å². The van der Waals surface area contributed by atoms with Crippen LogP contribution in [0.1, 0.15) is 103 Å². The number of sulfonamides is 6. The molecular weight excluding hydrogens is 1750 g/mol. The van der Waals surface area contributed by atoms with Crippen LogP contribution < -0.4 is 37.3 Å². The van der Waals surface area contributed by atoms with Crippen LogP contribution in [0.5, 0.6) is 0 Å². The number of aromatic nitrogens is 5. The lowest BCUT2D eigenvalue weighted by Gasteiger charge is -2.22. The molecule has 2 amide bonds. The molecule has 0 aliphatic carbocycles. The number of pyridine rings is 3. The fourth-order valence-electron chi connectivity index (χ4n) is 15.0. The molecule has 4 N–H and O–H groups in total. The molecule has 126 heavy (non-hydrogen) atoms. The third-order valence-corrected chi connectivity index (χ3v) is 32.3. The molecule has 14 aromatic rings. The minimum Gasteiger partial charge on any atom is -0.443 e. The molecule has 4 fully saturated rings. The second-order valence-electron chi connectivity index (χ2n) is 30.5. The number of amides is 2. The Balaban J connectivity index is 0.000000131. The fraction of sp³-hybridized carbons (Fsp3) is 0.233. The number of hydrogen-bond acceptors (Lipinski definition) is 21. The maximum atomic E-state index is 13.2. The minimum atomic E-state index is -3.93. The van der Waals surface area contributed by atoms with Crippen molar-refractivity contribution in [3.8, 4) is 22.5 Å². The summed E-state index contributed by atoms with van der Waals surface area (Å²) < 4.78 is 173. The predicted octanol–water partition coefficient (Wildman–Crippen LogP) is 17.2. The zero-order valence-corrected chi connectivity index (χ0v) is 73.9. The molecule has 4 saturated heterocycles. The highest BCUT2D eigenvalue weighted by Gasteiger charge is 2.31. The Morgan fingerprint density at radius 1 is 0.405 bits per heavy atom. The van der Waals surface area contributed by atoms with Crippen LogP contribution >= 0.6 is 11.6 Å². The Morgan fingerprint density at radius 2 is 0.881 bits per heavy atom. The van der Waals surface area contributed by atoms with Gasteiger partial charge in [-0.3, -0.25) is 46.2 Å². The van der Waals surface area contributed by atoms with Crippen molar-refractivity contribution in [2.45, 2.75) is 93.8 Å². The monoisotopic (exact) mass is 1830 g/mol. The summed E-state index contributed by atoms with van der Waals surface area (Å²) in [6.45, 7) is 3.71. The van der Waals surface area contributed by atoms with E-state index in [0.717, 1.165) is 89.9 Å². The van der Waals surface area contributed by atoms with E-state index in [4.69, 9.17) is 20.5 Å². The molecule has 0 unspecified atom stereocenters. The SMILES string of the molecule is Cc1ccc(NS(=O)(=O)c2ccc(N3CCCCCS3(=O)=O)cc2)cc1-c1nccc2ccccc12.O=C(Nc1ccc2cnoc2c1)c1ccc(N2CCCCCS2(=O)=O)cc1.O=C(Nc1ccc2ocnc2c1)c1ccc(N2CCCCCS2(=O)=O)cc1.O=S(=O)(Nc1ccc(Cl)c(-c2ccc3ncccc3n2)c1)c1ccc(N2CCCCCS2(=O)=O)cc1. The van der Waals surface area contributed by atoms with Crippen molar-refractivity contribution in [1.82, 2.24) is 25.1 Å². The van der Waals surface area contributed by atoms with Gasteiger partial charge in [-0.2, -0.15) is 0 Å². The largest absolute Gasteiger partial charge is 0.443 e. The molecule has 9 heterocycles. The molecule has 5 aromatic heterocycles. The first kappa shape index (κ1) is 88.5. The number of nitrogens with zero attached hydrogens (tertiary/aromatic N) is 9. The molecule has 0 spiro atoms. The van der Waals surface area contributed by atoms with E-state index in [1.165, 1.54) is 60.0 Å². The highest BCUT2D eigenvalue weighted by molar-refractivity contribution is 7.94. The number of hydrogen-bond donors (Lipinski definition) is 4. The van der Waals surface area contributed by atoms with Crippen molar-refractivity contribution in [1.29, 1.82) is 0 Å². The number of aryl methyl sites for hydroxylation is 1. The Labute approximate surface area is 735 Å². The summed E-state index contributed by atoms with van der Waals surface area (Å²) in [5.74, 6) is -0.0206. The molecule has 0 atom stereocenters. The Morgan fingerprint density at radius 3 is 1.41 bits per heavy atom. The number of nitrogens with one attached hydrogen (secondary N) is 4. The van der Waals surface area contributed by atoms with E-state index in [1.54, 1.807) is 152 Å². The summed E-state index contributed by atoms with van der Waals surface area (Å²) in [5, 5.41) is 12.7. The topological polar surface area (TPSA) is 391 Å². The summed E-state index contributed by atoms with van der Waals surface area (Å²) in [5.41, 5.74) is 12.1. The maximum Gasteiger partial charge on any atom is 0.261 e. The van der Waals surface area contributed by atoms with Gasteiger partial charge in [0, 0.05) is 100 Å². The molecular formula is C90H88ClN13O16S6. The van der Waals surface area contributed by atoms with Crippen LogP contribution in [0.15, 0.2) is 268 Å². The fourth-order valence-corrected chi connectivity index (χ4v) is 23.9. The lowest BCUT2D eigenvalue weighted by molar-refractivity contribution is 0.101. The van der Waals surface area contributed by atoms with Crippen LogP contribution in [0.4, 0.5) is 45.5 Å². The van der Waals surface area contributed by atoms with Gasteiger partial charge in [0.05, 0.1) is 89.2 Å². The average Bonchev–Trinajstić information content (AvgIpc) is 1.65. The molecule has 0 bridgehead atoms. The van der Waals surface area contributed by atoms with Crippen molar-refractivity contribution in [2.24, 2.45) is 0 Å². The van der Waals surface area contributed by atoms with Gasteiger partial charge in [-0.05, 0) is 257 Å².